The molecule has 0 aliphatic carbocycles. The van der Waals surface area contributed by atoms with E-state index in [-0.39, 0.29) is 17.2 Å². The third kappa shape index (κ3) is 2.08. The first-order valence-corrected chi connectivity index (χ1v) is 6.49. The number of hydrogen-bond donors (Lipinski definition) is 2. The van der Waals surface area contributed by atoms with Gasteiger partial charge in [0.1, 0.15) is 17.8 Å². The van der Waals surface area contributed by atoms with Gasteiger partial charge in [-0.3, -0.25) is 9.59 Å². The number of amides is 1. The first kappa shape index (κ1) is 13.7. The Bertz CT molecular complexity index is 913. The Kier molecular flexibility index (Phi) is 3.10. The number of ketones is 1. The van der Waals surface area contributed by atoms with Crippen LogP contribution in [0.15, 0.2) is 36.8 Å². The highest BCUT2D eigenvalue weighted by atomic mass is 16.1. The third-order valence-electron chi connectivity index (χ3n) is 3.44. The minimum Gasteiger partial charge on any atom is -0.383 e. The molecule has 2 heterocycles. The van der Waals surface area contributed by atoms with Crippen molar-refractivity contribution < 1.29 is 9.59 Å². The van der Waals surface area contributed by atoms with Gasteiger partial charge < -0.3 is 16.0 Å². The van der Waals surface area contributed by atoms with Gasteiger partial charge in [-0.15, -0.1) is 0 Å². The number of nitrogens with zero attached hydrogens (tertiary/aromatic N) is 3. The molecule has 2 aromatic heterocycles. The first-order valence-electron chi connectivity index (χ1n) is 6.49. The van der Waals surface area contributed by atoms with Crippen molar-refractivity contribution in [1.29, 1.82) is 0 Å². The molecule has 110 valence electrons. The van der Waals surface area contributed by atoms with Crippen LogP contribution in [-0.2, 0) is 7.05 Å². The summed E-state index contributed by atoms with van der Waals surface area (Å²) in [6.45, 7) is 0. The van der Waals surface area contributed by atoms with E-state index in [1.54, 1.807) is 36.0 Å². The van der Waals surface area contributed by atoms with Gasteiger partial charge in [0.15, 0.2) is 5.78 Å². The Labute approximate surface area is 125 Å². The topological polar surface area (TPSA) is 117 Å². The molecule has 0 saturated carbocycles. The van der Waals surface area contributed by atoms with E-state index in [0.717, 1.165) is 0 Å². The predicted octanol–water partition coefficient (Wildman–Crippen LogP) is 0.880. The van der Waals surface area contributed by atoms with E-state index < -0.39 is 5.91 Å². The van der Waals surface area contributed by atoms with Crippen LogP contribution in [0.5, 0.6) is 0 Å². The van der Waals surface area contributed by atoms with E-state index in [1.165, 1.54) is 12.4 Å². The molecule has 7 heteroatoms. The van der Waals surface area contributed by atoms with Gasteiger partial charge in [0, 0.05) is 24.4 Å². The van der Waals surface area contributed by atoms with E-state index in [9.17, 15) is 9.59 Å². The van der Waals surface area contributed by atoms with Gasteiger partial charge in [0.05, 0.1) is 10.9 Å². The molecule has 0 saturated heterocycles. The summed E-state index contributed by atoms with van der Waals surface area (Å²) in [5.41, 5.74) is 12.7. The van der Waals surface area contributed by atoms with Crippen LogP contribution < -0.4 is 11.5 Å². The molecule has 0 atom stereocenters. The van der Waals surface area contributed by atoms with E-state index in [1.807, 2.05) is 0 Å². The van der Waals surface area contributed by atoms with Crippen molar-refractivity contribution in [2.24, 2.45) is 12.8 Å². The van der Waals surface area contributed by atoms with Crippen molar-refractivity contribution in [3.05, 3.63) is 53.5 Å². The second-order valence-electron chi connectivity index (χ2n) is 4.89. The highest BCUT2D eigenvalue weighted by molar-refractivity contribution is 6.18. The van der Waals surface area contributed by atoms with E-state index in [2.05, 4.69) is 9.97 Å². The number of aromatic nitrogens is 3. The molecule has 0 aliphatic heterocycles. The number of nitrogen functional groups attached to an aromatic ring is 1. The summed E-state index contributed by atoms with van der Waals surface area (Å²) in [7, 11) is 1.77. The summed E-state index contributed by atoms with van der Waals surface area (Å²) in [4.78, 5) is 32.0. The predicted molar refractivity (Wildman–Crippen MR) is 81.3 cm³/mol. The molecule has 0 fully saturated rings. The SMILES string of the molecule is Cn1cc(C(=O)c2cccc(C(N)=O)c2)c2c(N)ncnc21. The van der Waals surface area contributed by atoms with E-state index in [0.29, 0.717) is 22.2 Å². The average molecular weight is 295 g/mol. The van der Waals surface area contributed by atoms with Crippen molar-refractivity contribution in [1.82, 2.24) is 14.5 Å². The van der Waals surface area contributed by atoms with E-state index in [4.69, 9.17) is 11.5 Å². The quantitative estimate of drug-likeness (QED) is 0.696. The van der Waals surface area contributed by atoms with Crippen LogP contribution in [0.2, 0.25) is 0 Å². The van der Waals surface area contributed by atoms with Gasteiger partial charge in [0.2, 0.25) is 5.91 Å². The van der Waals surface area contributed by atoms with Gasteiger partial charge >= 0.3 is 0 Å². The molecule has 22 heavy (non-hydrogen) atoms. The molecule has 3 aromatic rings. The fraction of sp³-hybridized carbons (Fsp3) is 0.0667. The van der Waals surface area contributed by atoms with Crippen LogP contribution >= 0.6 is 0 Å². The standard InChI is InChI=1S/C15H13N5O2/c1-20-6-10(11-13(16)18-7-19-15(11)20)12(21)8-3-2-4-9(5-8)14(17)22/h2-7H,1H3,(H2,17,22)(H2,16,18,19). The molecule has 7 nitrogen and oxygen atoms in total. The summed E-state index contributed by atoms with van der Waals surface area (Å²) in [6.07, 6.45) is 2.99. The highest BCUT2D eigenvalue weighted by Gasteiger charge is 2.19. The summed E-state index contributed by atoms with van der Waals surface area (Å²) in [6, 6.07) is 6.25. The average Bonchev–Trinajstić information content (AvgIpc) is 2.85. The number of primary amides is 1. The van der Waals surface area contributed by atoms with Crippen molar-refractivity contribution >= 4 is 28.5 Å². The normalized spacial score (nSPS) is 10.8. The maximum Gasteiger partial charge on any atom is 0.248 e. The zero-order chi connectivity index (χ0) is 15.9. The van der Waals surface area contributed by atoms with Crippen molar-refractivity contribution in [2.45, 2.75) is 0 Å². The first-order chi connectivity index (χ1) is 10.5. The van der Waals surface area contributed by atoms with Crippen LogP contribution in [0.4, 0.5) is 5.82 Å². The molecule has 0 radical (unpaired) electrons. The monoisotopic (exact) mass is 295 g/mol. The van der Waals surface area contributed by atoms with Crippen molar-refractivity contribution in [3.8, 4) is 0 Å². The number of rotatable bonds is 3. The third-order valence-corrected chi connectivity index (χ3v) is 3.44. The number of aryl methyl sites for hydroxylation is 1. The van der Waals surface area contributed by atoms with Gasteiger partial charge in [-0.2, -0.15) is 0 Å². The van der Waals surface area contributed by atoms with Crippen LogP contribution in [0, 0.1) is 0 Å². The number of carbonyl (C=O) groups is 2. The Morgan fingerprint density at radius 1 is 1.18 bits per heavy atom. The lowest BCUT2D eigenvalue weighted by Gasteiger charge is -2.02. The minimum absolute atomic E-state index is 0.236. The fourth-order valence-corrected chi connectivity index (χ4v) is 2.38. The van der Waals surface area contributed by atoms with Gasteiger partial charge in [-0.25, -0.2) is 9.97 Å². The largest absolute Gasteiger partial charge is 0.383 e. The lowest BCUT2D eigenvalue weighted by molar-refractivity contribution is 0.1000. The molecule has 0 bridgehead atoms. The Morgan fingerprint density at radius 2 is 1.91 bits per heavy atom. The number of hydrogen-bond acceptors (Lipinski definition) is 5. The number of fused-ring (bicyclic) bond motifs is 1. The maximum atomic E-state index is 12.7. The summed E-state index contributed by atoms with van der Waals surface area (Å²) >= 11 is 0. The van der Waals surface area contributed by atoms with Gasteiger partial charge in [0.25, 0.3) is 0 Å². The lowest BCUT2D eigenvalue weighted by Crippen LogP contribution is -2.12. The van der Waals surface area contributed by atoms with Crippen LogP contribution in [0.25, 0.3) is 11.0 Å². The maximum absolute atomic E-state index is 12.7. The zero-order valence-corrected chi connectivity index (χ0v) is 11.8. The second kappa shape index (κ2) is 4.96. The van der Waals surface area contributed by atoms with E-state index >= 15 is 0 Å². The number of nitrogens with two attached hydrogens (primary N) is 2. The smallest absolute Gasteiger partial charge is 0.248 e. The highest BCUT2D eigenvalue weighted by Crippen LogP contribution is 2.25. The molecule has 0 spiro atoms. The molecular formula is C15H13N5O2. The van der Waals surface area contributed by atoms with Gasteiger partial charge in [-0.1, -0.05) is 12.1 Å². The lowest BCUT2D eigenvalue weighted by atomic mass is 10.0. The van der Waals surface area contributed by atoms with Crippen LogP contribution in [0.1, 0.15) is 26.3 Å². The van der Waals surface area contributed by atoms with Gasteiger partial charge in [-0.05, 0) is 12.1 Å². The fourth-order valence-electron chi connectivity index (χ4n) is 2.38. The Balaban J connectivity index is 2.18. The number of anilines is 1. The summed E-state index contributed by atoms with van der Waals surface area (Å²) in [5.74, 6) is -0.620. The molecule has 1 aromatic carbocycles. The molecule has 0 aliphatic rings. The second-order valence-corrected chi connectivity index (χ2v) is 4.89. The summed E-state index contributed by atoms with van der Waals surface area (Å²) < 4.78 is 1.71. The Morgan fingerprint density at radius 3 is 2.64 bits per heavy atom. The molecule has 3 rings (SSSR count). The van der Waals surface area contributed by atoms with Crippen LogP contribution in [-0.4, -0.2) is 26.2 Å². The number of carbonyl (C=O) groups excluding carboxylic acids is 2. The number of benzene rings is 1. The van der Waals surface area contributed by atoms with Crippen molar-refractivity contribution in [3.63, 3.8) is 0 Å². The Hall–Kier alpha value is -3.22. The molecular weight excluding hydrogens is 282 g/mol. The minimum atomic E-state index is -0.588. The zero-order valence-electron chi connectivity index (χ0n) is 11.8. The van der Waals surface area contributed by atoms with Crippen molar-refractivity contribution in [2.75, 3.05) is 5.73 Å². The molecule has 4 N–H and O–H groups in total. The molecule has 1 amide bonds. The summed E-state index contributed by atoms with van der Waals surface area (Å²) in [5, 5.41) is 0.500. The molecule has 0 unspecified atom stereocenters. The van der Waals surface area contributed by atoms with Crippen LogP contribution in [0.3, 0.4) is 0 Å².